The van der Waals surface area contributed by atoms with E-state index in [4.69, 9.17) is 5.26 Å². The first-order valence-electron chi connectivity index (χ1n) is 5.78. The molecule has 0 aromatic heterocycles. The minimum Gasteiger partial charge on any atom is -0.319 e. The van der Waals surface area contributed by atoms with Crippen LogP contribution in [0.2, 0.25) is 0 Å². The fraction of sp³-hybridized carbons (Fsp3) is 0.308. The summed E-state index contributed by atoms with van der Waals surface area (Å²) in [6.45, 7) is -0.200. The predicted molar refractivity (Wildman–Crippen MR) is 62.3 cm³/mol. The number of rotatable bonds is 1. The number of hydrogen-bond acceptors (Lipinski definition) is 3. The van der Waals surface area contributed by atoms with Gasteiger partial charge in [0.25, 0.3) is 5.91 Å². The number of imide groups is 1. The van der Waals surface area contributed by atoms with Gasteiger partial charge in [-0.15, -0.1) is 0 Å². The van der Waals surface area contributed by atoms with Crippen molar-refractivity contribution in [1.82, 2.24) is 10.2 Å². The molecule has 1 fully saturated rings. The molecule has 5 nitrogen and oxygen atoms in total. The third kappa shape index (κ3) is 1.20. The Balaban J connectivity index is 2.07. The van der Waals surface area contributed by atoms with Gasteiger partial charge in [0.1, 0.15) is 12.1 Å². The van der Waals surface area contributed by atoms with E-state index in [9.17, 15) is 9.59 Å². The van der Waals surface area contributed by atoms with Crippen molar-refractivity contribution in [2.24, 2.45) is 0 Å². The summed E-state index contributed by atoms with van der Waals surface area (Å²) in [7, 11) is 0. The van der Waals surface area contributed by atoms with Crippen LogP contribution in [0.25, 0.3) is 0 Å². The van der Waals surface area contributed by atoms with E-state index in [2.05, 4.69) is 5.32 Å². The molecule has 1 aliphatic heterocycles. The molecule has 1 saturated heterocycles. The van der Waals surface area contributed by atoms with Crippen LogP contribution in [0.1, 0.15) is 17.5 Å². The summed E-state index contributed by atoms with van der Waals surface area (Å²) in [6, 6.07) is 8.99. The Bertz CT molecular complexity index is 590. The number of carbonyl (C=O) groups excluding carboxylic acids is 2. The summed E-state index contributed by atoms with van der Waals surface area (Å²) in [5.74, 6) is -0.306. The molecule has 0 bridgehead atoms. The maximum Gasteiger partial charge on any atom is 0.326 e. The van der Waals surface area contributed by atoms with E-state index in [0.29, 0.717) is 6.42 Å². The van der Waals surface area contributed by atoms with Crippen LogP contribution in [0.4, 0.5) is 4.79 Å². The van der Waals surface area contributed by atoms with Crippen LogP contribution in [0.15, 0.2) is 24.3 Å². The van der Waals surface area contributed by atoms with E-state index in [0.717, 1.165) is 22.4 Å². The van der Waals surface area contributed by atoms with Gasteiger partial charge in [0.2, 0.25) is 0 Å². The van der Waals surface area contributed by atoms with Gasteiger partial charge in [-0.3, -0.25) is 4.79 Å². The van der Waals surface area contributed by atoms with Gasteiger partial charge in [0.15, 0.2) is 0 Å². The van der Waals surface area contributed by atoms with Gasteiger partial charge in [-0.25, -0.2) is 9.69 Å². The summed E-state index contributed by atoms with van der Waals surface area (Å²) in [4.78, 5) is 25.2. The molecule has 5 heteroatoms. The summed E-state index contributed by atoms with van der Waals surface area (Å²) >= 11 is 0. The molecule has 1 spiro atoms. The zero-order valence-electron chi connectivity index (χ0n) is 9.64. The zero-order valence-corrected chi connectivity index (χ0v) is 9.64. The van der Waals surface area contributed by atoms with Gasteiger partial charge >= 0.3 is 6.03 Å². The van der Waals surface area contributed by atoms with E-state index < -0.39 is 11.6 Å². The van der Waals surface area contributed by atoms with Crippen LogP contribution in [0.3, 0.4) is 0 Å². The first-order valence-corrected chi connectivity index (χ1v) is 5.78. The zero-order chi connectivity index (χ0) is 12.8. The molecule has 2 aliphatic rings. The highest BCUT2D eigenvalue weighted by atomic mass is 16.2. The Morgan fingerprint density at radius 1 is 1.39 bits per heavy atom. The van der Waals surface area contributed by atoms with Crippen molar-refractivity contribution >= 4 is 11.9 Å². The average Bonchev–Trinajstić information content (AvgIpc) is 2.86. The predicted octanol–water partition coefficient (Wildman–Crippen LogP) is 0.903. The minimum absolute atomic E-state index is 0.200. The van der Waals surface area contributed by atoms with Crippen LogP contribution in [-0.4, -0.2) is 23.4 Å². The van der Waals surface area contributed by atoms with Crippen LogP contribution in [0.5, 0.6) is 0 Å². The highest BCUT2D eigenvalue weighted by molar-refractivity contribution is 6.08. The first-order chi connectivity index (χ1) is 8.69. The fourth-order valence-corrected chi connectivity index (χ4v) is 2.80. The quantitative estimate of drug-likeness (QED) is 0.586. The van der Waals surface area contributed by atoms with Gasteiger partial charge in [0.05, 0.1) is 6.07 Å². The molecule has 1 heterocycles. The Kier molecular flexibility index (Phi) is 2.14. The molecule has 1 aromatic rings. The number of hydrogen-bond donors (Lipinski definition) is 1. The van der Waals surface area contributed by atoms with Crippen LogP contribution in [-0.2, 0) is 16.8 Å². The van der Waals surface area contributed by atoms with Crippen molar-refractivity contribution in [3.05, 3.63) is 35.4 Å². The second-order valence-electron chi connectivity index (χ2n) is 4.54. The Hall–Kier alpha value is -2.35. The highest BCUT2D eigenvalue weighted by Gasteiger charge is 2.55. The second kappa shape index (κ2) is 3.57. The van der Waals surface area contributed by atoms with Crippen molar-refractivity contribution in [1.29, 1.82) is 5.26 Å². The summed E-state index contributed by atoms with van der Waals surface area (Å²) in [5.41, 5.74) is 1.01. The Labute approximate surface area is 104 Å². The molecule has 3 amide bonds. The maximum absolute atomic E-state index is 12.4. The SMILES string of the molecule is N#CCN1C(=O)NC2(CCc3ccccc32)C1=O. The number of carbonyl (C=O) groups is 2. The van der Waals surface area contributed by atoms with E-state index in [1.807, 2.05) is 30.3 Å². The monoisotopic (exact) mass is 241 g/mol. The fourth-order valence-electron chi connectivity index (χ4n) is 2.80. The lowest BCUT2D eigenvalue weighted by molar-refractivity contribution is -0.131. The van der Waals surface area contributed by atoms with Crippen molar-refractivity contribution in [2.75, 3.05) is 6.54 Å². The molecule has 1 aliphatic carbocycles. The van der Waals surface area contributed by atoms with Gasteiger partial charge in [-0.1, -0.05) is 24.3 Å². The lowest BCUT2D eigenvalue weighted by Gasteiger charge is -2.21. The number of benzene rings is 1. The third-order valence-electron chi connectivity index (χ3n) is 3.65. The molecular weight excluding hydrogens is 230 g/mol. The average molecular weight is 241 g/mol. The van der Waals surface area contributed by atoms with Crippen molar-refractivity contribution in [3.8, 4) is 6.07 Å². The second-order valence-corrected chi connectivity index (χ2v) is 4.54. The van der Waals surface area contributed by atoms with Gasteiger partial charge in [-0.2, -0.15) is 5.26 Å². The molecule has 1 aromatic carbocycles. The molecule has 3 rings (SSSR count). The number of nitrogens with one attached hydrogen (secondary N) is 1. The maximum atomic E-state index is 12.4. The van der Waals surface area contributed by atoms with Crippen LogP contribution < -0.4 is 5.32 Å². The largest absolute Gasteiger partial charge is 0.326 e. The van der Waals surface area contributed by atoms with Crippen molar-refractivity contribution in [2.45, 2.75) is 18.4 Å². The van der Waals surface area contributed by atoms with E-state index in [1.54, 1.807) is 0 Å². The summed E-state index contributed by atoms with van der Waals surface area (Å²) < 4.78 is 0. The molecule has 1 unspecified atom stereocenters. The van der Waals surface area contributed by atoms with E-state index in [1.165, 1.54) is 0 Å². The summed E-state index contributed by atoms with van der Waals surface area (Å²) in [6.07, 6.45) is 1.33. The molecular formula is C13H11N3O2. The van der Waals surface area contributed by atoms with Crippen molar-refractivity contribution < 1.29 is 9.59 Å². The summed E-state index contributed by atoms with van der Waals surface area (Å²) in [5, 5.41) is 11.4. The number of nitrogens with zero attached hydrogens (tertiary/aromatic N) is 2. The highest BCUT2D eigenvalue weighted by Crippen LogP contribution is 2.40. The number of fused-ring (bicyclic) bond motifs is 2. The number of amides is 3. The molecule has 0 saturated carbocycles. The topological polar surface area (TPSA) is 73.2 Å². The Morgan fingerprint density at radius 3 is 2.94 bits per heavy atom. The number of aryl methyl sites for hydroxylation is 1. The molecule has 0 radical (unpaired) electrons. The number of nitriles is 1. The van der Waals surface area contributed by atoms with Crippen LogP contribution >= 0.6 is 0 Å². The smallest absolute Gasteiger partial charge is 0.319 e. The van der Waals surface area contributed by atoms with Gasteiger partial charge in [-0.05, 0) is 24.0 Å². The third-order valence-corrected chi connectivity index (χ3v) is 3.65. The van der Waals surface area contributed by atoms with Gasteiger partial charge in [0, 0.05) is 0 Å². The first kappa shape index (κ1) is 10.8. The minimum atomic E-state index is -0.940. The normalized spacial score (nSPS) is 25.2. The lowest BCUT2D eigenvalue weighted by atomic mass is 9.92. The van der Waals surface area contributed by atoms with E-state index >= 15 is 0 Å². The van der Waals surface area contributed by atoms with E-state index in [-0.39, 0.29) is 12.5 Å². The molecule has 90 valence electrons. The Morgan fingerprint density at radius 2 is 2.17 bits per heavy atom. The van der Waals surface area contributed by atoms with Gasteiger partial charge < -0.3 is 5.32 Å². The molecule has 1 N–H and O–H groups in total. The van der Waals surface area contributed by atoms with Crippen LogP contribution in [0, 0.1) is 11.3 Å². The molecule has 18 heavy (non-hydrogen) atoms. The van der Waals surface area contributed by atoms with Crippen molar-refractivity contribution in [3.63, 3.8) is 0 Å². The standard InChI is InChI=1S/C13H11N3O2/c14-7-8-16-11(17)13(15-12(16)18)6-5-9-3-1-2-4-10(9)13/h1-4H,5-6,8H2,(H,15,18). The lowest BCUT2D eigenvalue weighted by Crippen LogP contribution is -2.41. The number of urea groups is 1. The molecule has 1 atom stereocenters.